The molecular formula is C39H46N4O3. The second-order valence-electron chi connectivity index (χ2n) is 17.1. The number of hydrogen-bond acceptors (Lipinski definition) is 6. The molecule has 0 spiro atoms. The van der Waals surface area contributed by atoms with Gasteiger partial charge in [0.2, 0.25) is 5.91 Å². The largest absolute Gasteiger partial charge is 0.295 e. The van der Waals surface area contributed by atoms with E-state index < -0.39 is 16.2 Å². The van der Waals surface area contributed by atoms with Crippen molar-refractivity contribution in [3.05, 3.63) is 60.2 Å². The SMILES string of the molecule is CC1(C)CC[C@]2(C(=O)n3cnc(-c4ccccn4)c3)CC[C@]3(C)C(C(=O)C=C4[C@@]5(C)C=C(C#N)C(=O)C(C)(C)C5CC[C@]43C)C2C1. The van der Waals surface area contributed by atoms with Gasteiger partial charge in [-0.1, -0.05) is 66.2 Å². The number of ketones is 2. The van der Waals surface area contributed by atoms with Gasteiger partial charge in [0.05, 0.1) is 16.7 Å². The first-order valence-electron chi connectivity index (χ1n) is 17.0. The van der Waals surface area contributed by atoms with Crippen LogP contribution < -0.4 is 0 Å². The average molecular weight is 619 g/mol. The maximum atomic E-state index is 14.8. The molecule has 2 heterocycles. The Morgan fingerprint density at radius 3 is 2.39 bits per heavy atom. The van der Waals surface area contributed by atoms with Gasteiger partial charge in [0.1, 0.15) is 18.1 Å². The fraction of sp³-hybridized carbons (Fsp3) is 0.590. The summed E-state index contributed by atoms with van der Waals surface area (Å²) in [6.45, 7) is 15.3. The quantitative estimate of drug-likeness (QED) is 0.340. The lowest BCUT2D eigenvalue weighted by Gasteiger charge is -2.69. The van der Waals surface area contributed by atoms with Crippen LogP contribution in [-0.2, 0) is 9.59 Å². The third kappa shape index (κ3) is 3.91. The molecular weight excluding hydrogens is 572 g/mol. The Kier molecular flexibility index (Phi) is 6.52. The molecule has 0 aromatic carbocycles. The molecule has 0 aliphatic heterocycles. The molecule has 0 radical (unpaired) electrons. The van der Waals surface area contributed by atoms with Crippen LogP contribution in [0.25, 0.3) is 11.4 Å². The van der Waals surface area contributed by atoms with Crippen LogP contribution >= 0.6 is 0 Å². The third-order valence-corrected chi connectivity index (χ3v) is 14.0. The van der Waals surface area contributed by atoms with Crippen LogP contribution in [0.4, 0.5) is 0 Å². The van der Waals surface area contributed by atoms with Crippen LogP contribution in [0.1, 0.15) is 98.2 Å². The minimum absolute atomic E-state index is 0.00397. The summed E-state index contributed by atoms with van der Waals surface area (Å²) in [6.07, 6.45) is 14.7. The number of nitriles is 1. The molecule has 2 aromatic rings. The summed E-state index contributed by atoms with van der Waals surface area (Å²) >= 11 is 0. The Morgan fingerprint density at radius 2 is 1.70 bits per heavy atom. The lowest BCUT2D eigenvalue weighted by molar-refractivity contribution is -0.164. The highest BCUT2D eigenvalue weighted by Crippen LogP contribution is 2.74. The molecule has 7 rings (SSSR count). The number of hydrogen-bond donors (Lipinski definition) is 0. The van der Waals surface area contributed by atoms with Gasteiger partial charge in [0, 0.05) is 29.1 Å². The molecule has 5 aliphatic rings. The van der Waals surface area contributed by atoms with Gasteiger partial charge >= 0.3 is 0 Å². The van der Waals surface area contributed by atoms with Crippen molar-refractivity contribution < 1.29 is 14.4 Å². The number of imidazole rings is 1. The van der Waals surface area contributed by atoms with Gasteiger partial charge in [0.15, 0.2) is 11.6 Å². The standard InChI is InChI=1S/C39H46N4O3/c1-34(2)13-15-39(33(46)43-22-27(42-23-43)26-10-8-9-17-41-26)16-14-38(7)31(25(39)20-34)28(44)18-30-36(5)19-24(21-40)32(45)35(3,4)29(36)11-12-37(30,38)6/h8-10,17-19,22-23,25,29,31H,11-16,20H2,1-7H3/t25?,29?,31?,36-,37+,38+,39-/m0/s1. The fourth-order valence-corrected chi connectivity index (χ4v) is 11.3. The molecule has 7 atom stereocenters. The van der Waals surface area contributed by atoms with E-state index in [0.717, 1.165) is 56.2 Å². The zero-order valence-corrected chi connectivity index (χ0v) is 28.3. The second-order valence-corrected chi connectivity index (χ2v) is 17.1. The minimum Gasteiger partial charge on any atom is -0.295 e. The normalized spacial score (nSPS) is 39.0. The summed E-state index contributed by atoms with van der Waals surface area (Å²) in [4.78, 5) is 52.0. The molecule has 0 saturated heterocycles. The highest BCUT2D eigenvalue weighted by molar-refractivity contribution is 6.04. The van der Waals surface area contributed by atoms with E-state index in [-0.39, 0.29) is 57.0 Å². The molecule has 46 heavy (non-hydrogen) atoms. The van der Waals surface area contributed by atoms with E-state index in [1.807, 2.05) is 44.2 Å². The zero-order valence-electron chi connectivity index (χ0n) is 28.3. The van der Waals surface area contributed by atoms with Crippen molar-refractivity contribution in [2.24, 2.45) is 50.2 Å². The number of carbonyl (C=O) groups excluding carboxylic acids is 3. The smallest absolute Gasteiger partial charge is 0.238 e. The Hall–Kier alpha value is -3.66. The van der Waals surface area contributed by atoms with Crippen molar-refractivity contribution in [2.75, 3.05) is 0 Å². The Balaban J connectivity index is 1.34. The number of aromatic nitrogens is 3. The first-order valence-corrected chi connectivity index (χ1v) is 17.0. The summed E-state index contributed by atoms with van der Waals surface area (Å²) in [5.41, 5.74) is 0.0662. The summed E-state index contributed by atoms with van der Waals surface area (Å²) < 4.78 is 1.66. The summed E-state index contributed by atoms with van der Waals surface area (Å²) in [5, 5.41) is 10.0. The number of nitrogens with zero attached hydrogens (tertiary/aromatic N) is 4. The van der Waals surface area contributed by atoms with Gasteiger partial charge in [-0.3, -0.25) is 23.9 Å². The zero-order chi connectivity index (χ0) is 33.1. The average Bonchev–Trinajstić information content (AvgIpc) is 3.50. The Bertz CT molecular complexity index is 1770. The van der Waals surface area contributed by atoms with E-state index in [4.69, 9.17) is 0 Å². The van der Waals surface area contributed by atoms with Gasteiger partial charge in [-0.2, -0.15) is 5.26 Å². The Morgan fingerprint density at radius 1 is 0.957 bits per heavy atom. The summed E-state index contributed by atoms with van der Waals surface area (Å²) in [5.74, 6) is -0.339. The van der Waals surface area contributed by atoms with E-state index in [0.29, 0.717) is 5.69 Å². The van der Waals surface area contributed by atoms with Gasteiger partial charge in [-0.15, -0.1) is 0 Å². The highest BCUT2D eigenvalue weighted by Gasteiger charge is 2.71. The van der Waals surface area contributed by atoms with Gasteiger partial charge in [-0.05, 0) is 91.2 Å². The molecule has 7 nitrogen and oxygen atoms in total. The number of carbonyl (C=O) groups is 3. The van der Waals surface area contributed by atoms with E-state index in [1.165, 1.54) is 0 Å². The van der Waals surface area contributed by atoms with Crippen LogP contribution in [0, 0.1) is 61.6 Å². The molecule has 240 valence electrons. The first-order chi connectivity index (χ1) is 21.5. The maximum Gasteiger partial charge on any atom is 0.238 e. The molecule has 3 saturated carbocycles. The topological polar surface area (TPSA) is 106 Å². The molecule has 0 bridgehead atoms. The fourth-order valence-electron chi connectivity index (χ4n) is 11.3. The molecule has 0 amide bonds. The molecule has 2 aromatic heterocycles. The van der Waals surface area contributed by atoms with Crippen molar-refractivity contribution in [1.82, 2.24) is 14.5 Å². The van der Waals surface area contributed by atoms with E-state index in [2.05, 4.69) is 50.7 Å². The maximum absolute atomic E-state index is 14.8. The van der Waals surface area contributed by atoms with Crippen LogP contribution in [0.3, 0.4) is 0 Å². The first kappa shape index (κ1) is 31.0. The van der Waals surface area contributed by atoms with Crippen LogP contribution in [-0.4, -0.2) is 32.0 Å². The van der Waals surface area contributed by atoms with Crippen molar-refractivity contribution in [3.63, 3.8) is 0 Å². The van der Waals surface area contributed by atoms with E-state index in [9.17, 15) is 19.6 Å². The van der Waals surface area contributed by atoms with E-state index in [1.54, 1.807) is 23.3 Å². The molecule has 0 N–H and O–H groups in total. The van der Waals surface area contributed by atoms with Crippen LogP contribution in [0.5, 0.6) is 0 Å². The number of rotatable bonds is 2. The predicted octanol–water partition coefficient (Wildman–Crippen LogP) is 7.80. The summed E-state index contributed by atoms with van der Waals surface area (Å²) in [6, 6.07) is 7.86. The number of Topliss-reactive ketones (excluding diaryl/α,β-unsaturated/α-hetero) is 1. The van der Waals surface area contributed by atoms with Gasteiger partial charge in [0.25, 0.3) is 0 Å². The molecule has 3 unspecified atom stereocenters. The van der Waals surface area contributed by atoms with Crippen molar-refractivity contribution in [3.8, 4) is 17.5 Å². The van der Waals surface area contributed by atoms with Crippen molar-refractivity contribution in [1.29, 1.82) is 5.26 Å². The monoisotopic (exact) mass is 618 g/mol. The molecule has 3 fully saturated rings. The minimum atomic E-state index is -0.696. The summed E-state index contributed by atoms with van der Waals surface area (Å²) in [7, 11) is 0. The van der Waals surface area contributed by atoms with Crippen molar-refractivity contribution in [2.45, 2.75) is 93.4 Å². The number of allylic oxidation sites excluding steroid dienone is 4. The number of pyridine rings is 1. The molecule has 7 heteroatoms. The predicted molar refractivity (Wildman–Crippen MR) is 175 cm³/mol. The van der Waals surface area contributed by atoms with Crippen LogP contribution in [0.15, 0.2) is 60.2 Å². The third-order valence-electron chi connectivity index (χ3n) is 14.0. The highest BCUT2D eigenvalue weighted by atomic mass is 16.2. The number of fused-ring (bicyclic) bond motifs is 7. The van der Waals surface area contributed by atoms with E-state index >= 15 is 0 Å². The molecule has 5 aliphatic carbocycles. The Labute approximate surface area is 272 Å². The van der Waals surface area contributed by atoms with Gasteiger partial charge in [-0.25, -0.2) is 4.98 Å². The lowest BCUT2D eigenvalue weighted by Crippen LogP contribution is -2.66. The second kappa shape index (κ2) is 9.69. The van der Waals surface area contributed by atoms with Gasteiger partial charge < -0.3 is 0 Å². The lowest BCUT2D eigenvalue weighted by atomic mass is 9.34. The van der Waals surface area contributed by atoms with Crippen LogP contribution in [0.2, 0.25) is 0 Å². The van der Waals surface area contributed by atoms with Crippen molar-refractivity contribution >= 4 is 17.5 Å².